The summed E-state index contributed by atoms with van der Waals surface area (Å²) < 4.78 is 1.37. The molecule has 1 unspecified atom stereocenters. The molecule has 1 aromatic heterocycles. The second kappa shape index (κ2) is 15.1. The van der Waals surface area contributed by atoms with Crippen LogP contribution in [0.4, 0.5) is 21.0 Å². The summed E-state index contributed by atoms with van der Waals surface area (Å²) >= 11 is 0. The third-order valence-corrected chi connectivity index (χ3v) is 10.4. The third-order valence-electron chi connectivity index (χ3n) is 10.4. The van der Waals surface area contributed by atoms with Gasteiger partial charge in [0.2, 0.25) is 5.91 Å². The van der Waals surface area contributed by atoms with Crippen LogP contribution in [-0.2, 0) is 22.4 Å². The van der Waals surface area contributed by atoms with E-state index in [9.17, 15) is 34.2 Å². The predicted molar refractivity (Wildman–Crippen MR) is 200 cm³/mol. The van der Waals surface area contributed by atoms with Crippen molar-refractivity contribution in [1.82, 2.24) is 24.6 Å². The van der Waals surface area contributed by atoms with Crippen molar-refractivity contribution in [2.24, 2.45) is 5.92 Å². The van der Waals surface area contributed by atoms with Crippen molar-refractivity contribution in [3.8, 4) is 17.1 Å². The van der Waals surface area contributed by atoms with E-state index in [1.165, 1.54) is 9.47 Å². The first-order valence-electron chi connectivity index (χ1n) is 17.7. The summed E-state index contributed by atoms with van der Waals surface area (Å²) in [6, 6.07) is 31.7. The Labute approximate surface area is 310 Å². The Morgan fingerprint density at radius 1 is 0.759 bits per heavy atom. The molecule has 4 amide bonds. The van der Waals surface area contributed by atoms with Crippen LogP contribution in [0.2, 0.25) is 0 Å². The molecular formula is C40H39N7O7. The molecule has 54 heavy (non-hydrogen) atoms. The smallest absolute Gasteiger partial charge is 0.408 e. The van der Waals surface area contributed by atoms with E-state index in [1.807, 2.05) is 60.7 Å². The van der Waals surface area contributed by atoms with Crippen LogP contribution in [0.15, 0.2) is 114 Å². The van der Waals surface area contributed by atoms with Gasteiger partial charge in [0.1, 0.15) is 11.6 Å². The fourth-order valence-corrected chi connectivity index (χ4v) is 7.77. The van der Waals surface area contributed by atoms with E-state index >= 15 is 0 Å². The molecule has 2 fully saturated rings. The van der Waals surface area contributed by atoms with Crippen molar-refractivity contribution in [2.45, 2.75) is 43.7 Å². The molecule has 2 saturated heterocycles. The topological polar surface area (TPSA) is 190 Å². The normalized spacial score (nSPS) is 19.4. The minimum atomic E-state index is -1.39. The molecule has 5 N–H and O–H groups in total. The Bertz CT molecular complexity index is 2210. The number of likely N-dealkylation sites (tertiary alicyclic amines) is 2. The Balaban J connectivity index is 1.12. The number of benzene rings is 4. The zero-order valence-electron chi connectivity index (χ0n) is 29.2. The highest BCUT2D eigenvalue weighted by Gasteiger charge is 2.56. The third kappa shape index (κ3) is 7.05. The number of carbonyl (C=O) groups is 4. The largest absolute Gasteiger partial charge is 0.465 e. The summed E-state index contributed by atoms with van der Waals surface area (Å²) in [4.78, 5) is 66.9. The highest BCUT2D eigenvalue weighted by Crippen LogP contribution is 2.41. The Morgan fingerprint density at radius 3 is 2.04 bits per heavy atom. The summed E-state index contributed by atoms with van der Waals surface area (Å²) in [7, 11) is 0. The van der Waals surface area contributed by atoms with Gasteiger partial charge in [0, 0.05) is 36.4 Å². The van der Waals surface area contributed by atoms with Crippen molar-refractivity contribution in [3.63, 3.8) is 0 Å². The van der Waals surface area contributed by atoms with E-state index in [-0.39, 0.29) is 18.9 Å². The lowest BCUT2D eigenvalue weighted by atomic mass is 9.75. The first-order chi connectivity index (χ1) is 26.1. The number of hydrogen-bond donors (Lipinski definition) is 5. The highest BCUT2D eigenvalue weighted by molar-refractivity contribution is 6.01. The minimum absolute atomic E-state index is 0.199. The van der Waals surface area contributed by atoms with E-state index in [0.717, 1.165) is 16.0 Å². The number of carbonyl (C=O) groups excluding carboxylic acids is 2. The number of amides is 4. The van der Waals surface area contributed by atoms with Gasteiger partial charge < -0.3 is 20.8 Å². The number of nitrogens with zero attached hydrogens (tertiary/aromatic N) is 4. The van der Waals surface area contributed by atoms with E-state index < -0.39 is 41.3 Å². The lowest BCUT2D eigenvalue weighted by Gasteiger charge is -2.40. The Hall–Kier alpha value is -6.70. The van der Waals surface area contributed by atoms with Gasteiger partial charge >= 0.3 is 17.9 Å². The van der Waals surface area contributed by atoms with E-state index in [2.05, 4.69) is 20.8 Å². The van der Waals surface area contributed by atoms with Crippen molar-refractivity contribution in [2.75, 3.05) is 23.7 Å². The fourth-order valence-electron chi connectivity index (χ4n) is 7.77. The van der Waals surface area contributed by atoms with Gasteiger partial charge in [0.25, 0.3) is 5.91 Å². The van der Waals surface area contributed by atoms with Crippen LogP contribution in [-0.4, -0.2) is 83.4 Å². The molecule has 3 heterocycles. The van der Waals surface area contributed by atoms with Crippen LogP contribution < -0.4 is 16.3 Å². The molecule has 4 aromatic carbocycles. The van der Waals surface area contributed by atoms with Gasteiger partial charge in [0.15, 0.2) is 5.82 Å². The Kier molecular flexibility index (Phi) is 9.99. The summed E-state index contributed by atoms with van der Waals surface area (Å²) in [6.45, 7) is 0.527. The Morgan fingerprint density at radius 2 is 1.39 bits per heavy atom. The van der Waals surface area contributed by atoms with E-state index in [0.29, 0.717) is 60.7 Å². The summed E-state index contributed by atoms with van der Waals surface area (Å²) in [5.41, 5.74) is 1.90. The van der Waals surface area contributed by atoms with Crippen LogP contribution in [0.25, 0.3) is 17.1 Å². The second-order valence-electron chi connectivity index (χ2n) is 13.6. The van der Waals surface area contributed by atoms with Gasteiger partial charge in [0.05, 0.1) is 5.69 Å². The number of aromatic amines is 1. The molecule has 7 rings (SSSR count). The number of anilines is 2. The summed E-state index contributed by atoms with van der Waals surface area (Å²) in [5.74, 6) is -0.838. The number of carboxylic acid groups (broad SMARTS) is 2. The highest BCUT2D eigenvalue weighted by atomic mass is 16.4. The van der Waals surface area contributed by atoms with Crippen LogP contribution in [0.1, 0.15) is 30.4 Å². The molecular weight excluding hydrogens is 690 g/mol. The number of nitrogens with one attached hydrogen (secondary N) is 3. The summed E-state index contributed by atoms with van der Waals surface area (Å²) in [6.07, 6.45) is 0.00474. The number of rotatable bonds is 10. The minimum Gasteiger partial charge on any atom is -0.465 e. The van der Waals surface area contributed by atoms with Gasteiger partial charge in [-0.15, -0.1) is 0 Å². The zero-order chi connectivity index (χ0) is 37.8. The molecule has 14 heteroatoms. The molecule has 0 radical (unpaired) electrons. The lowest BCUT2D eigenvalue weighted by molar-refractivity contribution is -0.127. The second-order valence-corrected chi connectivity index (χ2v) is 13.6. The van der Waals surface area contributed by atoms with E-state index in [4.69, 9.17) is 0 Å². The molecule has 2 aliphatic heterocycles. The van der Waals surface area contributed by atoms with Crippen LogP contribution in [0, 0.1) is 5.92 Å². The molecule has 5 aromatic rings. The van der Waals surface area contributed by atoms with Crippen LogP contribution in [0.3, 0.4) is 0 Å². The van der Waals surface area contributed by atoms with Crippen LogP contribution in [0.5, 0.6) is 0 Å². The van der Waals surface area contributed by atoms with Gasteiger partial charge in [-0.05, 0) is 91.3 Å². The van der Waals surface area contributed by atoms with Gasteiger partial charge in [-0.3, -0.25) is 19.4 Å². The quantitative estimate of drug-likeness (QED) is 0.125. The van der Waals surface area contributed by atoms with Gasteiger partial charge in [-0.25, -0.2) is 24.0 Å². The molecule has 276 valence electrons. The maximum absolute atomic E-state index is 14.5. The average molecular weight is 730 g/mol. The van der Waals surface area contributed by atoms with Crippen molar-refractivity contribution in [1.29, 1.82) is 0 Å². The zero-order valence-corrected chi connectivity index (χ0v) is 29.2. The molecule has 14 nitrogen and oxygen atoms in total. The lowest BCUT2D eigenvalue weighted by Crippen LogP contribution is -2.60. The summed E-state index contributed by atoms with van der Waals surface area (Å²) in [5, 5.41) is 32.3. The maximum atomic E-state index is 14.5. The fraction of sp³-hybridized carbons (Fsp3) is 0.250. The molecule has 0 bridgehead atoms. The standard InChI is InChI=1S/C40H39N7O7/c48-35(33-12-7-22-45(33)38(51)52)41-30-17-19-32(20-18-30)47-34(43-44-37(47)50)28-13-15-31(16-14-28)42-36(49)40(25-27-10-5-2-6-11-27)29(21-23-46(40)39(53)54)24-26-8-3-1-4-9-26/h1-6,8-11,13-20,29,33H,7,12,21-25H2,(H,41,48)(H,42,49)(H,44,50)(H,51,52)(H,53,54)/t29?,33-,40-/m0/s1. The number of H-pyrrole nitrogens is 1. The monoisotopic (exact) mass is 729 g/mol. The van der Waals surface area contributed by atoms with Crippen LogP contribution >= 0.6 is 0 Å². The molecule has 0 saturated carbocycles. The number of hydrogen-bond acceptors (Lipinski definition) is 6. The SMILES string of the molecule is O=C(Nc1ccc(-n2c(-c3ccc(NC(=O)[C@]4(Cc5ccccc5)C(Cc5ccccc5)CCN4C(=O)O)cc3)n[nH]c2=O)cc1)[C@@H]1CCCN1C(=O)O. The van der Waals surface area contributed by atoms with Crippen molar-refractivity contribution < 1.29 is 29.4 Å². The molecule has 0 spiro atoms. The average Bonchev–Trinajstić information content (AvgIpc) is 3.91. The van der Waals surface area contributed by atoms with Crippen molar-refractivity contribution >= 4 is 35.4 Å². The maximum Gasteiger partial charge on any atom is 0.408 e. The number of aromatic nitrogens is 3. The molecule has 3 atom stereocenters. The first kappa shape index (κ1) is 35.7. The van der Waals surface area contributed by atoms with E-state index in [1.54, 1.807) is 48.5 Å². The first-order valence-corrected chi connectivity index (χ1v) is 17.7. The van der Waals surface area contributed by atoms with Gasteiger partial charge in [-0.2, -0.15) is 5.10 Å². The molecule has 2 aliphatic rings. The molecule has 0 aliphatic carbocycles. The van der Waals surface area contributed by atoms with Gasteiger partial charge in [-0.1, -0.05) is 60.7 Å². The van der Waals surface area contributed by atoms with Crippen molar-refractivity contribution in [3.05, 3.63) is 131 Å². The predicted octanol–water partition coefficient (Wildman–Crippen LogP) is 5.47.